The Hall–Kier alpha value is -2.95. The van der Waals surface area contributed by atoms with Crippen molar-refractivity contribution < 1.29 is 0 Å². The van der Waals surface area contributed by atoms with E-state index < -0.39 is 0 Å². The van der Waals surface area contributed by atoms with Crippen molar-refractivity contribution in [1.82, 2.24) is 15.2 Å². The SMILES string of the molecule is Cc1ccc(Nc2nncc(NCCCc3ccccc3)n2)cc1C. The summed E-state index contributed by atoms with van der Waals surface area (Å²) in [7, 11) is 0. The smallest absolute Gasteiger partial charge is 0.249 e. The molecule has 5 heteroatoms. The summed E-state index contributed by atoms with van der Waals surface area (Å²) in [5.41, 5.74) is 4.81. The Morgan fingerprint density at radius 3 is 2.60 bits per heavy atom. The van der Waals surface area contributed by atoms with Gasteiger partial charge in [-0.15, -0.1) is 5.10 Å². The molecule has 1 aromatic heterocycles. The van der Waals surface area contributed by atoms with E-state index in [2.05, 4.69) is 76.1 Å². The summed E-state index contributed by atoms with van der Waals surface area (Å²) in [6, 6.07) is 16.7. The number of aryl methyl sites for hydroxylation is 3. The molecular weight excluding hydrogens is 310 g/mol. The number of nitrogens with one attached hydrogen (secondary N) is 2. The van der Waals surface area contributed by atoms with Crippen molar-refractivity contribution in [2.45, 2.75) is 26.7 Å². The van der Waals surface area contributed by atoms with E-state index in [0.717, 1.165) is 30.9 Å². The molecule has 3 rings (SSSR count). The number of hydrogen-bond donors (Lipinski definition) is 2. The summed E-state index contributed by atoms with van der Waals surface area (Å²) in [4.78, 5) is 4.47. The number of benzene rings is 2. The first-order valence-electron chi connectivity index (χ1n) is 8.52. The Morgan fingerprint density at radius 2 is 1.80 bits per heavy atom. The molecule has 0 radical (unpaired) electrons. The van der Waals surface area contributed by atoms with Gasteiger partial charge in [-0.3, -0.25) is 0 Å². The van der Waals surface area contributed by atoms with Crippen LogP contribution in [0.15, 0.2) is 54.7 Å². The summed E-state index contributed by atoms with van der Waals surface area (Å²) >= 11 is 0. The van der Waals surface area contributed by atoms with Gasteiger partial charge in [0.05, 0.1) is 6.20 Å². The van der Waals surface area contributed by atoms with E-state index in [-0.39, 0.29) is 0 Å². The lowest BCUT2D eigenvalue weighted by atomic mass is 10.1. The Morgan fingerprint density at radius 1 is 0.960 bits per heavy atom. The quantitative estimate of drug-likeness (QED) is 0.632. The van der Waals surface area contributed by atoms with Crippen LogP contribution in [0.5, 0.6) is 0 Å². The molecule has 0 spiro atoms. The minimum atomic E-state index is 0.497. The van der Waals surface area contributed by atoms with Crippen molar-refractivity contribution in [2.75, 3.05) is 17.2 Å². The standard InChI is InChI=1S/C20H23N5/c1-15-10-11-18(13-16(15)2)23-20-24-19(14-22-25-20)21-12-6-9-17-7-4-3-5-8-17/h3-5,7-8,10-11,13-14H,6,9,12H2,1-2H3,(H2,21,23,24,25). The molecule has 0 bridgehead atoms. The highest BCUT2D eigenvalue weighted by Gasteiger charge is 2.02. The summed E-state index contributed by atoms with van der Waals surface area (Å²) in [5, 5.41) is 14.6. The molecule has 0 saturated carbocycles. The molecule has 0 aliphatic rings. The van der Waals surface area contributed by atoms with E-state index in [4.69, 9.17) is 0 Å². The Kier molecular flexibility index (Phi) is 5.57. The fourth-order valence-electron chi connectivity index (χ4n) is 2.54. The zero-order valence-corrected chi connectivity index (χ0v) is 14.7. The summed E-state index contributed by atoms with van der Waals surface area (Å²) in [6.07, 6.45) is 3.72. The molecule has 0 atom stereocenters. The number of nitrogens with zero attached hydrogens (tertiary/aromatic N) is 3. The molecule has 3 aromatic rings. The number of hydrogen-bond acceptors (Lipinski definition) is 5. The summed E-state index contributed by atoms with van der Waals surface area (Å²) in [6.45, 7) is 5.03. The van der Waals surface area contributed by atoms with E-state index in [1.807, 2.05) is 12.1 Å². The Balaban J connectivity index is 1.53. The topological polar surface area (TPSA) is 62.7 Å². The predicted molar refractivity (Wildman–Crippen MR) is 102 cm³/mol. The second-order valence-electron chi connectivity index (χ2n) is 6.11. The van der Waals surface area contributed by atoms with E-state index in [0.29, 0.717) is 5.95 Å². The van der Waals surface area contributed by atoms with E-state index in [1.54, 1.807) is 6.20 Å². The van der Waals surface area contributed by atoms with Gasteiger partial charge >= 0.3 is 0 Å². The number of rotatable bonds is 7. The molecule has 0 amide bonds. The third-order valence-electron chi connectivity index (χ3n) is 4.11. The maximum absolute atomic E-state index is 4.47. The fourth-order valence-corrected chi connectivity index (χ4v) is 2.54. The lowest BCUT2D eigenvalue weighted by Crippen LogP contribution is -2.07. The molecule has 0 unspecified atom stereocenters. The summed E-state index contributed by atoms with van der Waals surface area (Å²) in [5.74, 6) is 1.23. The van der Waals surface area contributed by atoms with Crippen molar-refractivity contribution in [3.63, 3.8) is 0 Å². The van der Waals surface area contributed by atoms with E-state index in [1.165, 1.54) is 16.7 Å². The molecule has 25 heavy (non-hydrogen) atoms. The lowest BCUT2D eigenvalue weighted by molar-refractivity contribution is 0.853. The van der Waals surface area contributed by atoms with Gasteiger partial charge in [-0.05, 0) is 55.5 Å². The third-order valence-corrected chi connectivity index (χ3v) is 4.11. The van der Waals surface area contributed by atoms with E-state index >= 15 is 0 Å². The largest absolute Gasteiger partial charge is 0.369 e. The van der Waals surface area contributed by atoms with Crippen molar-refractivity contribution in [3.8, 4) is 0 Å². The van der Waals surface area contributed by atoms with Gasteiger partial charge in [-0.25, -0.2) is 0 Å². The van der Waals surface area contributed by atoms with Crippen molar-refractivity contribution in [3.05, 3.63) is 71.4 Å². The normalized spacial score (nSPS) is 10.5. The van der Waals surface area contributed by atoms with Gasteiger partial charge in [0.25, 0.3) is 0 Å². The molecule has 2 aromatic carbocycles. The number of aromatic nitrogens is 3. The van der Waals surface area contributed by atoms with Crippen molar-refractivity contribution in [2.24, 2.45) is 0 Å². The first-order chi connectivity index (χ1) is 12.2. The van der Waals surface area contributed by atoms with Crippen LogP contribution >= 0.6 is 0 Å². The molecular formula is C20H23N5. The second-order valence-corrected chi connectivity index (χ2v) is 6.11. The fraction of sp³-hybridized carbons (Fsp3) is 0.250. The Bertz CT molecular complexity index is 817. The van der Waals surface area contributed by atoms with Crippen LogP contribution in [0.3, 0.4) is 0 Å². The van der Waals surface area contributed by atoms with E-state index in [9.17, 15) is 0 Å². The first kappa shape index (κ1) is 16.9. The predicted octanol–water partition coefficient (Wildman–Crippen LogP) is 4.28. The summed E-state index contributed by atoms with van der Waals surface area (Å²) < 4.78 is 0. The van der Waals surface area contributed by atoms with Crippen LogP contribution in [0.4, 0.5) is 17.5 Å². The highest BCUT2D eigenvalue weighted by molar-refractivity contribution is 5.56. The zero-order valence-electron chi connectivity index (χ0n) is 14.7. The molecule has 128 valence electrons. The first-order valence-corrected chi connectivity index (χ1v) is 8.52. The van der Waals surface area contributed by atoms with Gasteiger partial charge in [-0.1, -0.05) is 36.4 Å². The second kappa shape index (κ2) is 8.24. The average Bonchev–Trinajstić information content (AvgIpc) is 2.63. The maximum Gasteiger partial charge on any atom is 0.249 e. The number of anilines is 3. The van der Waals surface area contributed by atoms with Crippen LogP contribution in [0, 0.1) is 13.8 Å². The highest BCUT2D eigenvalue weighted by atomic mass is 15.3. The van der Waals surface area contributed by atoms with Crippen molar-refractivity contribution in [1.29, 1.82) is 0 Å². The van der Waals surface area contributed by atoms with Crippen LogP contribution in [0.2, 0.25) is 0 Å². The molecule has 5 nitrogen and oxygen atoms in total. The maximum atomic E-state index is 4.47. The molecule has 2 N–H and O–H groups in total. The molecule has 1 heterocycles. The van der Waals surface area contributed by atoms with Crippen LogP contribution in [-0.4, -0.2) is 21.7 Å². The van der Waals surface area contributed by atoms with Gasteiger partial charge < -0.3 is 10.6 Å². The minimum Gasteiger partial charge on any atom is -0.369 e. The van der Waals surface area contributed by atoms with Gasteiger partial charge in [0.1, 0.15) is 0 Å². The average molecular weight is 333 g/mol. The third kappa shape index (κ3) is 5.01. The van der Waals surface area contributed by atoms with Gasteiger partial charge in [0, 0.05) is 12.2 Å². The zero-order chi connectivity index (χ0) is 17.5. The highest BCUT2D eigenvalue weighted by Crippen LogP contribution is 2.17. The van der Waals surface area contributed by atoms with Crippen LogP contribution in [0.1, 0.15) is 23.1 Å². The minimum absolute atomic E-state index is 0.497. The lowest BCUT2D eigenvalue weighted by Gasteiger charge is -2.09. The van der Waals surface area contributed by atoms with Crippen LogP contribution < -0.4 is 10.6 Å². The van der Waals surface area contributed by atoms with Crippen LogP contribution in [-0.2, 0) is 6.42 Å². The molecule has 0 saturated heterocycles. The van der Waals surface area contributed by atoms with Crippen LogP contribution in [0.25, 0.3) is 0 Å². The van der Waals surface area contributed by atoms with Gasteiger partial charge in [0.15, 0.2) is 5.82 Å². The van der Waals surface area contributed by atoms with Gasteiger partial charge in [-0.2, -0.15) is 10.1 Å². The molecule has 0 aliphatic carbocycles. The Labute approximate surface area is 148 Å². The monoisotopic (exact) mass is 333 g/mol. The molecule has 0 aliphatic heterocycles. The van der Waals surface area contributed by atoms with Gasteiger partial charge in [0.2, 0.25) is 5.95 Å². The molecule has 0 fully saturated rings. The van der Waals surface area contributed by atoms with Crippen molar-refractivity contribution >= 4 is 17.5 Å².